The molecule has 0 aliphatic heterocycles. The fourth-order valence-corrected chi connectivity index (χ4v) is 0.778. The Labute approximate surface area is 92.2 Å². The van der Waals surface area contributed by atoms with Crippen LogP contribution in [-0.4, -0.2) is 17.3 Å². The predicted octanol–water partition coefficient (Wildman–Crippen LogP) is 2.71. The summed E-state index contributed by atoms with van der Waals surface area (Å²) in [6.45, 7) is 6.70. The summed E-state index contributed by atoms with van der Waals surface area (Å²) in [5.41, 5.74) is 0. The molecule has 0 amide bonds. The maximum atomic E-state index is 10.2. The van der Waals surface area contributed by atoms with Gasteiger partial charge in [0.2, 0.25) is 0 Å². The van der Waals surface area contributed by atoms with Crippen LogP contribution >= 0.6 is 0 Å². The number of ketones is 3. The zero-order valence-corrected chi connectivity index (χ0v) is 10.3. The molecule has 0 atom stereocenters. The molecule has 0 aromatic carbocycles. The minimum atomic E-state index is 0.0835. The molecule has 0 fully saturated rings. The van der Waals surface area contributed by atoms with E-state index in [0.717, 1.165) is 19.3 Å². The molecule has 88 valence electrons. The monoisotopic (exact) mass is 214 g/mol. The van der Waals surface area contributed by atoms with E-state index in [1.807, 2.05) is 0 Å². The molecule has 0 unspecified atom stereocenters. The van der Waals surface area contributed by atoms with Gasteiger partial charge in [0.25, 0.3) is 0 Å². The zero-order valence-electron chi connectivity index (χ0n) is 10.3. The van der Waals surface area contributed by atoms with E-state index in [-0.39, 0.29) is 11.6 Å². The van der Waals surface area contributed by atoms with Crippen LogP contribution in [0.1, 0.15) is 59.8 Å². The van der Waals surface area contributed by atoms with Crippen LogP contribution in [0.3, 0.4) is 0 Å². The van der Waals surface area contributed by atoms with E-state index < -0.39 is 0 Å². The van der Waals surface area contributed by atoms with Crippen molar-refractivity contribution in [1.82, 2.24) is 0 Å². The Morgan fingerprint density at radius 3 is 1.20 bits per heavy atom. The van der Waals surface area contributed by atoms with Crippen LogP contribution < -0.4 is 0 Å². The standard InChI is InChI=1S/C6H10O2.C6H12O/c1-5(7)3-4-6(2)8;1-3-4-5-6(2)7/h3-4H2,1-2H3;3-5H2,1-2H3. The molecule has 0 bridgehead atoms. The maximum Gasteiger partial charge on any atom is 0.130 e. The second-order valence-electron chi connectivity index (χ2n) is 3.71. The molecule has 0 saturated carbocycles. The molecule has 0 spiro atoms. The van der Waals surface area contributed by atoms with Crippen molar-refractivity contribution >= 4 is 17.3 Å². The number of carbonyl (C=O) groups excluding carboxylic acids is 3. The van der Waals surface area contributed by atoms with E-state index in [4.69, 9.17) is 0 Å². The molecule has 0 heterocycles. The van der Waals surface area contributed by atoms with Crippen LogP contribution in [0.15, 0.2) is 0 Å². The van der Waals surface area contributed by atoms with Crippen LogP contribution in [0.2, 0.25) is 0 Å². The smallest absolute Gasteiger partial charge is 0.130 e. The van der Waals surface area contributed by atoms with Crippen LogP contribution in [-0.2, 0) is 14.4 Å². The first-order valence-corrected chi connectivity index (χ1v) is 5.38. The van der Waals surface area contributed by atoms with E-state index in [9.17, 15) is 14.4 Å². The van der Waals surface area contributed by atoms with Crippen LogP contribution in [0.5, 0.6) is 0 Å². The fourth-order valence-electron chi connectivity index (χ4n) is 0.778. The van der Waals surface area contributed by atoms with Crippen LogP contribution in [0.4, 0.5) is 0 Å². The van der Waals surface area contributed by atoms with Gasteiger partial charge in [0.1, 0.15) is 17.3 Å². The summed E-state index contributed by atoms with van der Waals surface area (Å²) in [7, 11) is 0. The molecule has 0 aliphatic rings. The molecule has 3 nitrogen and oxygen atoms in total. The predicted molar refractivity (Wildman–Crippen MR) is 60.8 cm³/mol. The van der Waals surface area contributed by atoms with Crippen molar-refractivity contribution in [3.63, 3.8) is 0 Å². The minimum absolute atomic E-state index is 0.0835. The number of Topliss-reactive ketones (excluding diaryl/α,β-unsaturated/α-hetero) is 3. The molecule has 0 aliphatic carbocycles. The molecule has 3 heteroatoms. The second kappa shape index (κ2) is 11.1. The molecule has 15 heavy (non-hydrogen) atoms. The average Bonchev–Trinajstić information content (AvgIpc) is 2.12. The van der Waals surface area contributed by atoms with Gasteiger partial charge in [0, 0.05) is 19.3 Å². The lowest BCUT2D eigenvalue weighted by Crippen LogP contribution is -1.95. The first-order valence-electron chi connectivity index (χ1n) is 5.38. The van der Waals surface area contributed by atoms with Crippen LogP contribution in [0.25, 0.3) is 0 Å². The fraction of sp³-hybridized carbons (Fsp3) is 0.750. The lowest BCUT2D eigenvalue weighted by atomic mass is 10.2. The highest BCUT2D eigenvalue weighted by molar-refractivity contribution is 5.83. The van der Waals surface area contributed by atoms with Gasteiger partial charge in [-0.3, -0.25) is 0 Å². The number of carbonyl (C=O) groups is 3. The van der Waals surface area contributed by atoms with Crippen molar-refractivity contribution < 1.29 is 14.4 Å². The van der Waals surface area contributed by atoms with Gasteiger partial charge in [-0.05, 0) is 27.2 Å². The van der Waals surface area contributed by atoms with Gasteiger partial charge >= 0.3 is 0 Å². The topological polar surface area (TPSA) is 51.2 Å². The Kier molecular flexibility index (Phi) is 12.2. The number of rotatable bonds is 6. The molecular formula is C12H22O3. The molecule has 0 rings (SSSR count). The van der Waals surface area contributed by atoms with Crippen molar-refractivity contribution in [3.05, 3.63) is 0 Å². The van der Waals surface area contributed by atoms with E-state index >= 15 is 0 Å². The molecule has 0 radical (unpaired) electrons. The minimum Gasteiger partial charge on any atom is -0.300 e. The highest BCUT2D eigenvalue weighted by Crippen LogP contribution is 1.92. The summed E-state index contributed by atoms with van der Waals surface area (Å²) in [4.78, 5) is 30.6. The van der Waals surface area contributed by atoms with Gasteiger partial charge < -0.3 is 14.4 Å². The maximum absolute atomic E-state index is 10.2. The largest absolute Gasteiger partial charge is 0.300 e. The summed E-state index contributed by atoms with van der Waals surface area (Å²) < 4.78 is 0. The molecule has 0 aromatic heterocycles. The second-order valence-corrected chi connectivity index (χ2v) is 3.71. The Hall–Kier alpha value is -0.990. The summed E-state index contributed by atoms with van der Waals surface area (Å²) in [5.74, 6) is 0.474. The van der Waals surface area contributed by atoms with E-state index in [0.29, 0.717) is 18.6 Å². The third kappa shape index (κ3) is 24.6. The lowest BCUT2D eigenvalue weighted by molar-refractivity contribution is -0.122. The van der Waals surface area contributed by atoms with Crippen LogP contribution in [0, 0.1) is 0 Å². The molecular weight excluding hydrogens is 192 g/mol. The third-order valence-electron chi connectivity index (χ3n) is 1.71. The number of hydrogen-bond donors (Lipinski definition) is 0. The van der Waals surface area contributed by atoms with Gasteiger partial charge in [-0.1, -0.05) is 13.3 Å². The Morgan fingerprint density at radius 2 is 1.07 bits per heavy atom. The Morgan fingerprint density at radius 1 is 0.733 bits per heavy atom. The first kappa shape index (κ1) is 16.4. The summed E-state index contributed by atoms with van der Waals surface area (Å²) >= 11 is 0. The van der Waals surface area contributed by atoms with Crippen molar-refractivity contribution in [2.45, 2.75) is 59.8 Å². The summed E-state index contributed by atoms with van der Waals surface area (Å²) in [5, 5.41) is 0. The summed E-state index contributed by atoms with van der Waals surface area (Å²) in [6, 6.07) is 0. The van der Waals surface area contributed by atoms with E-state index in [1.165, 1.54) is 13.8 Å². The highest BCUT2D eigenvalue weighted by Gasteiger charge is 1.95. The van der Waals surface area contributed by atoms with Gasteiger partial charge in [-0.2, -0.15) is 0 Å². The van der Waals surface area contributed by atoms with Crippen molar-refractivity contribution in [2.75, 3.05) is 0 Å². The normalized spacial score (nSPS) is 8.80. The van der Waals surface area contributed by atoms with Crippen molar-refractivity contribution in [2.24, 2.45) is 0 Å². The van der Waals surface area contributed by atoms with Crippen molar-refractivity contribution in [3.8, 4) is 0 Å². The van der Waals surface area contributed by atoms with Gasteiger partial charge in [-0.25, -0.2) is 0 Å². The summed E-state index contributed by atoms with van der Waals surface area (Å²) in [6.07, 6.45) is 3.73. The van der Waals surface area contributed by atoms with Gasteiger partial charge in [0.15, 0.2) is 0 Å². The Bertz CT molecular complexity index is 193. The first-order chi connectivity index (χ1) is 6.90. The number of unbranched alkanes of at least 4 members (excludes halogenated alkanes) is 1. The molecule has 0 N–H and O–H groups in total. The Balaban J connectivity index is 0. The lowest BCUT2D eigenvalue weighted by Gasteiger charge is -1.86. The van der Waals surface area contributed by atoms with Gasteiger partial charge in [0.05, 0.1) is 0 Å². The average molecular weight is 214 g/mol. The van der Waals surface area contributed by atoms with E-state index in [2.05, 4.69) is 6.92 Å². The number of hydrogen-bond acceptors (Lipinski definition) is 3. The zero-order chi connectivity index (χ0) is 12.3. The molecule has 0 saturated heterocycles. The van der Waals surface area contributed by atoms with E-state index in [1.54, 1.807) is 6.92 Å². The third-order valence-corrected chi connectivity index (χ3v) is 1.71. The molecule has 0 aromatic rings. The highest BCUT2D eigenvalue weighted by atomic mass is 16.1. The quantitative estimate of drug-likeness (QED) is 0.683. The van der Waals surface area contributed by atoms with Crippen molar-refractivity contribution in [1.29, 1.82) is 0 Å². The SMILES string of the molecule is CC(=O)CCC(C)=O.CCCCC(C)=O. The van der Waals surface area contributed by atoms with Gasteiger partial charge in [-0.15, -0.1) is 0 Å².